The van der Waals surface area contributed by atoms with E-state index in [1.807, 2.05) is 0 Å². The summed E-state index contributed by atoms with van der Waals surface area (Å²) in [7, 11) is 0. The second kappa shape index (κ2) is 3.03. The molecule has 0 saturated carbocycles. The molecule has 0 atom stereocenters. The van der Waals surface area contributed by atoms with Crippen molar-refractivity contribution in [2.45, 2.75) is 0 Å². The number of aliphatic imine (C=N–C) groups is 1. The fraction of sp³-hybridized carbons (Fsp3) is 0. The van der Waals surface area contributed by atoms with Gasteiger partial charge in [-0.15, -0.1) is 0 Å². The van der Waals surface area contributed by atoms with Gasteiger partial charge in [-0.1, -0.05) is 11.6 Å². The second-order valence-electron chi connectivity index (χ2n) is 1.27. The molecule has 0 aromatic carbocycles. The van der Waals surface area contributed by atoms with Crippen LogP contribution in [0.15, 0.2) is 16.0 Å². The van der Waals surface area contributed by atoms with Gasteiger partial charge >= 0.3 is 0 Å². The molecule has 0 aliphatic rings. The van der Waals surface area contributed by atoms with Crippen molar-refractivity contribution < 1.29 is 0 Å². The lowest BCUT2D eigenvalue weighted by molar-refractivity contribution is 1.18. The Morgan fingerprint density at radius 2 is 1.56 bits per heavy atom. The summed E-state index contributed by atoms with van der Waals surface area (Å²) in [4.78, 5) is 3.35. The molecule has 0 aromatic rings. The van der Waals surface area contributed by atoms with Gasteiger partial charge in [0.15, 0.2) is 11.8 Å². The summed E-state index contributed by atoms with van der Waals surface area (Å²) >= 11 is 5.19. The maximum absolute atomic E-state index is 5.19. The van der Waals surface area contributed by atoms with Gasteiger partial charge < -0.3 is 22.9 Å². The topological polar surface area (TPSA) is 116 Å². The van der Waals surface area contributed by atoms with Gasteiger partial charge in [0.1, 0.15) is 5.16 Å². The van der Waals surface area contributed by atoms with Crippen LogP contribution in [0.1, 0.15) is 0 Å². The van der Waals surface area contributed by atoms with Crippen molar-refractivity contribution in [1.82, 2.24) is 0 Å². The van der Waals surface area contributed by atoms with Crippen LogP contribution < -0.4 is 22.9 Å². The molecule has 0 rings (SSSR count). The monoisotopic (exact) mass is 149 g/mol. The lowest BCUT2D eigenvalue weighted by atomic mass is 10.8. The predicted molar refractivity (Wildman–Crippen MR) is 37.1 cm³/mol. The van der Waals surface area contributed by atoms with Gasteiger partial charge in [-0.3, -0.25) is 0 Å². The van der Waals surface area contributed by atoms with Gasteiger partial charge in [0.25, 0.3) is 0 Å². The summed E-state index contributed by atoms with van der Waals surface area (Å²) in [6.45, 7) is 0. The van der Waals surface area contributed by atoms with Crippen LogP contribution in [0, 0.1) is 0 Å². The number of guanidine groups is 1. The molecule has 0 aliphatic carbocycles. The first-order valence-corrected chi connectivity index (χ1v) is 2.42. The first kappa shape index (κ1) is 7.90. The molecule has 0 aromatic heterocycles. The fourth-order valence-corrected chi connectivity index (χ4v) is 0.235. The number of nitrogens with two attached hydrogens (primary N) is 4. The standard InChI is InChI=1S/C3H8ClN5/c4-1(5)2(6)9-3(7)8/h5-6H2,(H4,7,8,9)/b2-1-. The highest BCUT2D eigenvalue weighted by Gasteiger charge is 1.90. The highest BCUT2D eigenvalue weighted by molar-refractivity contribution is 6.29. The van der Waals surface area contributed by atoms with Crippen LogP contribution in [-0.4, -0.2) is 5.96 Å². The Morgan fingerprint density at radius 1 is 1.11 bits per heavy atom. The maximum Gasteiger partial charge on any atom is 0.192 e. The minimum atomic E-state index is -0.170. The Hall–Kier alpha value is -1.10. The molecule has 5 nitrogen and oxygen atoms in total. The van der Waals surface area contributed by atoms with Gasteiger partial charge in [0, 0.05) is 0 Å². The van der Waals surface area contributed by atoms with Crippen LogP contribution in [0.25, 0.3) is 0 Å². The van der Waals surface area contributed by atoms with Gasteiger partial charge in [-0.05, 0) is 0 Å². The van der Waals surface area contributed by atoms with Crippen LogP contribution in [-0.2, 0) is 0 Å². The van der Waals surface area contributed by atoms with E-state index < -0.39 is 0 Å². The van der Waals surface area contributed by atoms with Gasteiger partial charge in [-0.25, -0.2) is 0 Å². The Balaban J connectivity index is 4.25. The zero-order chi connectivity index (χ0) is 7.44. The third-order valence-corrected chi connectivity index (χ3v) is 0.688. The number of halogens is 1. The van der Waals surface area contributed by atoms with Crippen LogP contribution in [0.2, 0.25) is 0 Å². The van der Waals surface area contributed by atoms with E-state index in [4.69, 9.17) is 34.5 Å². The van der Waals surface area contributed by atoms with Crippen molar-refractivity contribution in [2.75, 3.05) is 0 Å². The van der Waals surface area contributed by atoms with Crippen molar-refractivity contribution in [3.05, 3.63) is 11.0 Å². The normalized spacial score (nSPS) is 12.1. The molecule has 0 saturated heterocycles. The van der Waals surface area contributed by atoms with Crippen LogP contribution in [0.3, 0.4) is 0 Å². The minimum Gasteiger partial charge on any atom is -0.386 e. The molecule has 0 bridgehead atoms. The average Bonchev–Trinajstić information content (AvgIpc) is 1.63. The Morgan fingerprint density at radius 3 is 1.67 bits per heavy atom. The smallest absolute Gasteiger partial charge is 0.192 e. The number of rotatable bonds is 1. The molecule has 0 aliphatic heterocycles. The van der Waals surface area contributed by atoms with Gasteiger partial charge in [-0.2, -0.15) is 4.99 Å². The zero-order valence-electron chi connectivity index (χ0n) is 4.63. The van der Waals surface area contributed by atoms with Gasteiger partial charge in [0.2, 0.25) is 0 Å². The molecular formula is C3H8ClN5. The quantitative estimate of drug-likeness (QED) is 0.207. The summed E-state index contributed by atoms with van der Waals surface area (Å²) in [5, 5.41) is -0.122. The Labute approximate surface area is 57.3 Å². The van der Waals surface area contributed by atoms with E-state index in [1.165, 1.54) is 0 Å². The third kappa shape index (κ3) is 3.48. The van der Waals surface area contributed by atoms with Crippen molar-refractivity contribution in [3.8, 4) is 0 Å². The summed E-state index contributed by atoms with van der Waals surface area (Å²) in [5.74, 6) is -0.243. The molecule has 0 unspecified atom stereocenters. The lowest BCUT2D eigenvalue weighted by Gasteiger charge is -1.93. The highest BCUT2D eigenvalue weighted by Crippen LogP contribution is 1.95. The molecule has 0 fully saturated rings. The highest BCUT2D eigenvalue weighted by atomic mass is 35.5. The third-order valence-electron chi connectivity index (χ3n) is 0.494. The zero-order valence-corrected chi connectivity index (χ0v) is 5.39. The van der Waals surface area contributed by atoms with E-state index in [9.17, 15) is 0 Å². The molecule has 6 heteroatoms. The Bertz CT molecular complexity index is 152. The van der Waals surface area contributed by atoms with Gasteiger partial charge in [0.05, 0.1) is 0 Å². The van der Waals surface area contributed by atoms with E-state index in [0.29, 0.717) is 0 Å². The van der Waals surface area contributed by atoms with E-state index in [2.05, 4.69) is 4.99 Å². The van der Waals surface area contributed by atoms with Crippen molar-refractivity contribution in [3.63, 3.8) is 0 Å². The average molecular weight is 150 g/mol. The van der Waals surface area contributed by atoms with E-state index in [0.717, 1.165) is 0 Å². The van der Waals surface area contributed by atoms with Crippen LogP contribution in [0.4, 0.5) is 0 Å². The van der Waals surface area contributed by atoms with E-state index >= 15 is 0 Å². The minimum absolute atomic E-state index is 0.0725. The molecule has 0 spiro atoms. The molecule has 8 N–H and O–H groups in total. The number of hydrogen-bond donors (Lipinski definition) is 4. The van der Waals surface area contributed by atoms with E-state index in [1.54, 1.807) is 0 Å². The Kier molecular flexibility index (Phi) is 2.66. The maximum atomic E-state index is 5.19. The molecular weight excluding hydrogens is 142 g/mol. The SMILES string of the molecule is NC(N)=N/C(N)=C(\N)Cl. The predicted octanol–water partition coefficient (Wildman–Crippen LogP) is -1.46. The number of hydrogen-bond acceptors (Lipinski definition) is 3. The lowest BCUT2D eigenvalue weighted by Crippen LogP contribution is -2.24. The summed E-state index contributed by atoms with van der Waals surface area (Å²) in [6, 6.07) is 0. The largest absolute Gasteiger partial charge is 0.386 e. The van der Waals surface area contributed by atoms with Crippen molar-refractivity contribution >= 4 is 17.6 Å². The van der Waals surface area contributed by atoms with Crippen molar-refractivity contribution in [1.29, 1.82) is 0 Å². The summed E-state index contributed by atoms with van der Waals surface area (Å²) in [6.07, 6.45) is 0. The van der Waals surface area contributed by atoms with Crippen LogP contribution in [0.5, 0.6) is 0 Å². The van der Waals surface area contributed by atoms with E-state index in [-0.39, 0.29) is 16.9 Å². The summed E-state index contributed by atoms with van der Waals surface area (Å²) in [5.41, 5.74) is 19.9. The molecule has 0 amide bonds. The first-order chi connectivity index (χ1) is 4.04. The molecule has 9 heavy (non-hydrogen) atoms. The van der Waals surface area contributed by atoms with Crippen LogP contribution >= 0.6 is 11.6 Å². The number of nitrogens with zero attached hydrogens (tertiary/aromatic N) is 1. The molecule has 0 heterocycles. The van der Waals surface area contributed by atoms with Crippen molar-refractivity contribution in [2.24, 2.45) is 27.9 Å². The first-order valence-electron chi connectivity index (χ1n) is 2.04. The fourth-order valence-electron chi connectivity index (χ4n) is 0.192. The molecule has 0 radical (unpaired) electrons. The second-order valence-corrected chi connectivity index (χ2v) is 1.68. The molecule has 52 valence electrons. The summed E-state index contributed by atoms with van der Waals surface area (Å²) < 4.78 is 0.